The lowest BCUT2D eigenvalue weighted by Gasteiger charge is -2.26. The number of aryl methyl sites for hydroxylation is 2. The molecule has 0 amide bonds. The predicted octanol–water partition coefficient (Wildman–Crippen LogP) is 4.47. The molecule has 1 fully saturated rings. The largest absolute Gasteiger partial charge is 0.464 e. The minimum Gasteiger partial charge on any atom is -0.464 e. The summed E-state index contributed by atoms with van der Waals surface area (Å²) in [5.74, 6) is 1.76. The van der Waals surface area contributed by atoms with E-state index in [4.69, 9.17) is 16.6 Å². The van der Waals surface area contributed by atoms with Crippen molar-refractivity contribution < 1.29 is 4.42 Å². The first kappa shape index (κ1) is 15.8. The molecular weight excluding hydrogens is 330 g/mol. The Bertz CT molecular complexity index is 889. The van der Waals surface area contributed by atoms with E-state index < -0.39 is 0 Å². The maximum Gasteiger partial charge on any atom is 0.174 e. The average molecular weight is 349 g/mol. The van der Waals surface area contributed by atoms with Gasteiger partial charge in [-0.15, -0.1) is 0 Å². The number of pyridine rings is 1. The lowest BCUT2D eigenvalue weighted by atomic mass is 10.0. The van der Waals surface area contributed by atoms with Crippen LogP contribution < -0.4 is 10.2 Å². The van der Waals surface area contributed by atoms with E-state index >= 15 is 0 Å². The smallest absolute Gasteiger partial charge is 0.174 e. The Morgan fingerprint density at radius 1 is 1.04 bits per heavy atom. The van der Waals surface area contributed by atoms with E-state index in [9.17, 15) is 0 Å². The highest BCUT2D eigenvalue weighted by Gasteiger charge is 2.42. The number of furan rings is 1. The molecule has 2 aromatic heterocycles. The summed E-state index contributed by atoms with van der Waals surface area (Å²) in [7, 11) is 0. The van der Waals surface area contributed by atoms with Crippen molar-refractivity contribution in [3.8, 4) is 0 Å². The van der Waals surface area contributed by atoms with Gasteiger partial charge in [-0.25, -0.2) is 0 Å². The van der Waals surface area contributed by atoms with Gasteiger partial charge in [0.2, 0.25) is 0 Å². The SMILES string of the molecule is Cc1ccc(N2C(=S)NC(c3ccccn3)C2c2ccc(C)o2)cc1. The van der Waals surface area contributed by atoms with Gasteiger partial charge < -0.3 is 14.6 Å². The molecule has 0 spiro atoms. The Labute approximate surface area is 152 Å². The predicted molar refractivity (Wildman–Crippen MR) is 103 cm³/mol. The first-order chi connectivity index (χ1) is 12.1. The normalized spacial score (nSPS) is 19.9. The second-order valence-electron chi connectivity index (χ2n) is 6.28. The molecule has 0 radical (unpaired) electrons. The van der Waals surface area contributed by atoms with Crippen LogP contribution in [-0.4, -0.2) is 10.1 Å². The average Bonchev–Trinajstić information content (AvgIpc) is 3.20. The molecule has 0 saturated carbocycles. The Balaban J connectivity index is 1.81. The highest BCUT2D eigenvalue weighted by Crippen LogP contribution is 2.41. The van der Waals surface area contributed by atoms with Crippen molar-refractivity contribution in [1.82, 2.24) is 10.3 Å². The number of hydrogen-bond acceptors (Lipinski definition) is 3. The van der Waals surface area contributed by atoms with Crippen molar-refractivity contribution >= 4 is 23.0 Å². The van der Waals surface area contributed by atoms with Gasteiger partial charge in [0.15, 0.2) is 5.11 Å². The van der Waals surface area contributed by atoms with Gasteiger partial charge in [0.25, 0.3) is 0 Å². The van der Waals surface area contributed by atoms with Crippen molar-refractivity contribution in [3.63, 3.8) is 0 Å². The minimum atomic E-state index is -0.0844. The van der Waals surface area contributed by atoms with Gasteiger partial charge in [-0.1, -0.05) is 23.8 Å². The van der Waals surface area contributed by atoms with Crippen LogP contribution in [0, 0.1) is 13.8 Å². The van der Waals surface area contributed by atoms with E-state index in [0.717, 1.165) is 22.9 Å². The fourth-order valence-corrected chi connectivity index (χ4v) is 3.59. The van der Waals surface area contributed by atoms with E-state index in [1.807, 2.05) is 37.3 Å². The topological polar surface area (TPSA) is 41.3 Å². The molecule has 1 aromatic carbocycles. The maximum atomic E-state index is 5.97. The van der Waals surface area contributed by atoms with E-state index in [0.29, 0.717) is 5.11 Å². The Morgan fingerprint density at radius 2 is 1.84 bits per heavy atom. The van der Waals surface area contributed by atoms with Crippen molar-refractivity contribution in [2.75, 3.05) is 4.90 Å². The molecule has 1 saturated heterocycles. The van der Waals surface area contributed by atoms with Gasteiger partial charge in [0.1, 0.15) is 17.6 Å². The summed E-state index contributed by atoms with van der Waals surface area (Å²) in [6.07, 6.45) is 1.80. The van der Waals surface area contributed by atoms with E-state index in [1.54, 1.807) is 6.20 Å². The van der Waals surface area contributed by atoms with Crippen LogP contribution in [0.25, 0.3) is 0 Å². The highest BCUT2D eigenvalue weighted by atomic mass is 32.1. The van der Waals surface area contributed by atoms with Gasteiger partial charge in [-0.05, 0) is 62.5 Å². The lowest BCUT2D eigenvalue weighted by Crippen LogP contribution is -2.29. The first-order valence-electron chi connectivity index (χ1n) is 8.27. The van der Waals surface area contributed by atoms with Gasteiger partial charge in [0.05, 0.1) is 11.7 Å². The zero-order valence-electron chi connectivity index (χ0n) is 14.1. The lowest BCUT2D eigenvalue weighted by molar-refractivity contribution is 0.418. The zero-order valence-corrected chi connectivity index (χ0v) is 15.0. The summed E-state index contributed by atoms with van der Waals surface area (Å²) in [6.45, 7) is 4.03. The molecule has 3 heterocycles. The number of benzene rings is 1. The number of hydrogen-bond donors (Lipinski definition) is 1. The van der Waals surface area contributed by atoms with Gasteiger partial charge >= 0.3 is 0 Å². The van der Waals surface area contributed by atoms with Crippen LogP contribution in [0.1, 0.15) is 34.9 Å². The zero-order chi connectivity index (χ0) is 17.4. The third-order valence-electron chi connectivity index (χ3n) is 4.46. The van der Waals surface area contributed by atoms with Crippen LogP contribution in [-0.2, 0) is 0 Å². The summed E-state index contributed by atoms with van der Waals surface area (Å²) in [5, 5.41) is 4.11. The Morgan fingerprint density at radius 3 is 2.48 bits per heavy atom. The van der Waals surface area contributed by atoms with Crippen LogP contribution in [0.3, 0.4) is 0 Å². The van der Waals surface area contributed by atoms with Crippen LogP contribution >= 0.6 is 12.2 Å². The number of anilines is 1. The summed E-state index contributed by atoms with van der Waals surface area (Å²) in [4.78, 5) is 6.65. The van der Waals surface area contributed by atoms with E-state index in [2.05, 4.69) is 46.4 Å². The standard InChI is InChI=1S/C20H19N3OS/c1-13-6-9-15(10-7-13)23-19(17-11-8-14(2)24-17)18(22-20(23)25)16-5-3-4-12-21-16/h3-12,18-19H,1-2H3,(H,22,25). The highest BCUT2D eigenvalue weighted by molar-refractivity contribution is 7.80. The fraction of sp³-hybridized carbons (Fsp3) is 0.200. The molecule has 2 atom stereocenters. The van der Waals surface area contributed by atoms with Crippen LogP contribution in [0.4, 0.5) is 5.69 Å². The second kappa shape index (κ2) is 6.33. The summed E-state index contributed by atoms with van der Waals surface area (Å²) in [5.41, 5.74) is 3.20. The van der Waals surface area contributed by atoms with Crippen LogP contribution in [0.2, 0.25) is 0 Å². The maximum absolute atomic E-state index is 5.97. The molecule has 4 nitrogen and oxygen atoms in total. The number of thiocarbonyl (C=S) groups is 1. The molecule has 1 aliphatic heterocycles. The molecule has 5 heteroatoms. The first-order valence-corrected chi connectivity index (χ1v) is 8.68. The fourth-order valence-electron chi connectivity index (χ4n) is 3.24. The second-order valence-corrected chi connectivity index (χ2v) is 6.67. The van der Waals surface area contributed by atoms with Crippen LogP contribution in [0.15, 0.2) is 65.2 Å². The van der Waals surface area contributed by atoms with Gasteiger partial charge in [-0.3, -0.25) is 4.98 Å². The van der Waals surface area contributed by atoms with E-state index in [-0.39, 0.29) is 12.1 Å². The van der Waals surface area contributed by atoms with Crippen molar-refractivity contribution in [2.45, 2.75) is 25.9 Å². The molecule has 0 bridgehead atoms. The molecule has 4 rings (SSSR count). The van der Waals surface area contributed by atoms with Crippen LogP contribution in [0.5, 0.6) is 0 Å². The summed E-state index contributed by atoms with van der Waals surface area (Å²) in [6, 6.07) is 18.1. The van der Waals surface area contributed by atoms with Crippen molar-refractivity contribution in [3.05, 3.63) is 83.6 Å². The van der Waals surface area contributed by atoms with Gasteiger partial charge in [0, 0.05) is 11.9 Å². The summed E-state index contributed by atoms with van der Waals surface area (Å²) < 4.78 is 5.97. The molecule has 25 heavy (non-hydrogen) atoms. The molecule has 126 valence electrons. The Hall–Kier alpha value is -2.66. The van der Waals surface area contributed by atoms with Gasteiger partial charge in [-0.2, -0.15) is 0 Å². The summed E-state index contributed by atoms with van der Waals surface area (Å²) >= 11 is 5.66. The number of aromatic nitrogens is 1. The third kappa shape index (κ3) is 2.91. The Kier molecular flexibility index (Phi) is 4.01. The van der Waals surface area contributed by atoms with E-state index in [1.165, 1.54) is 5.56 Å². The molecular formula is C20H19N3OS. The number of rotatable bonds is 3. The number of nitrogens with one attached hydrogen (secondary N) is 1. The molecule has 2 unspecified atom stereocenters. The molecule has 3 aromatic rings. The number of nitrogens with zero attached hydrogens (tertiary/aromatic N) is 2. The van der Waals surface area contributed by atoms with Crippen molar-refractivity contribution in [1.29, 1.82) is 0 Å². The monoisotopic (exact) mass is 349 g/mol. The molecule has 1 N–H and O–H groups in total. The molecule has 0 aliphatic carbocycles. The van der Waals surface area contributed by atoms with Crippen molar-refractivity contribution in [2.24, 2.45) is 0 Å². The molecule has 1 aliphatic rings. The third-order valence-corrected chi connectivity index (χ3v) is 4.78. The minimum absolute atomic E-state index is 0.0689. The quantitative estimate of drug-likeness (QED) is 0.707.